The average Bonchev–Trinajstić information content (AvgIpc) is 2.46. The van der Waals surface area contributed by atoms with Crippen LogP contribution < -0.4 is 0 Å². The Balaban J connectivity index is 2.34. The lowest BCUT2D eigenvalue weighted by atomic mass is 10.2. The molecule has 1 aromatic heterocycles. The van der Waals surface area contributed by atoms with Crippen LogP contribution in [0.1, 0.15) is 12.1 Å². The summed E-state index contributed by atoms with van der Waals surface area (Å²) in [7, 11) is 5.70. The molecular weight excluding hydrogens is 178 g/mol. The van der Waals surface area contributed by atoms with E-state index in [0.717, 1.165) is 12.1 Å². The topological polar surface area (TPSA) is 38.1 Å². The van der Waals surface area contributed by atoms with Gasteiger partial charge in [0.05, 0.1) is 6.54 Å². The fraction of sp³-hybridized carbons (Fsp3) is 0.600. The zero-order valence-corrected chi connectivity index (χ0v) is 9.03. The molecule has 14 heavy (non-hydrogen) atoms. The van der Waals surface area contributed by atoms with Gasteiger partial charge in [-0.15, -0.1) is 0 Å². The molecule has 0 aliphatic rings. The summed E-state index contributed by atoms with van der Waals surface area (Å²) in [4.78, 5) is 13.3. The maximum Gasteiger partial charge on any atom is 0.147 e. The van der Waals surface area contributed by atoms with Crippen molar-refractivity contribution in [2.24, 2.45) is 7.05 Å². The zero-order chi connectivity index (χ0) is 10.6. The third-order valence-electron chi connectivity index (χ3n) is 2.08. The van der Waals surface area contributed by atoms with Crippen molar-refractivity contribution in [2.75, 3.05) is 20.6 Å². The van der Waals surface area contributed by atoms with Crippen LogP contribution in [0, 0.1) is 0 Å². The summed E-state index contributed by atoms with van der Waals surface area (Å²) in [5, 5.41) is 4.05. The van der Waals surface area contributed by atoms with E-state index in [1.807, 2.05) is 36.8 Å². The van der Waals surface area contributed by atoms with Crippen LogP contribution in [0.4, 0.5) is 0 Å². The summed E-state index contributed by atoms with van der Waals surface area (Å²) in [6, 6.07) is 1.95. The number of likely N-dealkylation sites (N-methyl/N-ethyl adjacent to an activating group) is 1. The molecule has 1 heterocycles. The van der Waals surface area contributed by atoms with Crippen LogP contribution in [0.5, 0.6) is 0 Å². The predicted molar refractivity (Wildman–Crippen MR) is 55.1 cm³/mol. The Labute approximate surface area is 84.5 Å². The van der Waals surface area contributed by atoms with Crippen molar-refractivity contribution in [3.05, 3.63) is 18.0 Å². The standard InChI is InChI=1S/C10H17N3O/c1-12(2)8-10(14)5-4-9-6-7-11-13(9)3/h6-7H,4-5,8H2,1-3H3. The molecule has 0 aromatic carbocycles. The highest BCUT2D eigenvalue weighted by molar-refractivity contribution is 5.80. The van der Waals surface area contributed by atoms with E-state index in [1.54, 1.807) is 6.20 Å². The predicted octanol–water partition coefficient (Wildman–Crippen LogP) is 0.483. The van der Waals surface area contributed by atoms with Gasteiger partial charge >= 0.3 is 0 Å². The van der Waals surface area contributed by atoms with Crippen molar-refractivity contribution in [2.45, 2.75) is 12.8 Å². The number of aromatic nitrogens is 2. The highest BCUT2D eigenvalue weighted by Gasteiger charge is 2.05. The molecule has 1 aromatic rings. The first kappa shape index (κ1) is 10.9. The van der Waals surface area contributed by atoms with E-state index in [-0.39, 0.29) is 5.78 Å². The van der Waals surface area contributed by atoms with Crippen LogP contribution in [0.15, 0.2) is 12.3 Å². The molecular formula is C10H17N3O. The van der Waals surface area contributed by atoms with Gasteiger partial charge in [-0.25, -0.2) is 0 Å². The maximum atomic E-state index is 11.4. The Morgan fingerprint density at radius 1 is 1.57 bits per heavy atom. The van der Waals surface area contributed by atoms with Crippen molar-refractivity contribution in [1.29, 1.82) is 0 Å². The van der Waals surface area contributed by atoms with E-state index in [0.29, 0.717) is 13.0 Å². The van der Waals surface area contributed by atoms with Crippen molar-refractivity contribution < 1.29 is 4.79 Å². The van der Waals surface area contributed by atoms with Crippen molar-refractivity contribution in [3.63, 3.8) is 0 Å². The Bertz CT molecular complexity index is 304. The second-order valence-electron chi connectivity index (χ2n) is 3.72. The van der Waals surface area contributed by atoms with Crippen molar-refractivity contribution in [3.8, 4) is 0 Å². The molecule has 0 aliphatic heterocycles. The van der Waals surface area contributed by atoms with Gasteiger partial charge in [0.25, 0.3) is 0 Å². The summed E-state index contributed by atoms with van der Waals surface area (Å²) in [6.45, 7) is 0.526. The minimum absolute atomic E-state index is 0.274. The Kier molecular flexibility index (Phi) is 3.83. The van der Waals surface area contributed by atoms with Crippen molar-refractivity contribution in [1.82, 2.24) is 14.7 Å². The number of rotatable bonds is 5. The molecule has 0 saturated carbocycles. The minimum atomic E-state index is 0.274. The number of carbonyl (C=O) groups excluding carboxylic acids is 1. The molecule has 78 valence electrons. The maximum absolute atomic E-state index is 11.4. The first-order valence-corrected chi connectivity index (χ1v) is 4.73. The van der Waals surface area contributed by atoms with Crippen LogP contribution >= 0.6 is 0 Å². The van der Waals surface area contributed by atoms with E-state index in [9.17, 15) is 4.79 Å². The van der Waals surface area contributed by atoms with Crippen LogP contribution in [0.25, 0.3) is 0 Å². The van der Waals surface area contributed by atoms with Gasteiger partial charge in [0.15, 0.2) is 0 Å². The molecule has 0 saturated heterocycles. The molecule has 0 fully saturated rings. The molecule has 1 rings (SSSR count). The number of carbonyl (C=O) groups is 1. The smallest absolute Gasteiger partial charge is 0.147 e. The molecule has 4 heteroatoms. The van der Waals surface area contributed by atoms with Gasteiger partial charge in [-0.3, -0.25) is 9.48 Å². The Hall–Kier alpha value is -1.16. The van der Waals surface area contributed by atoms with Gasteiger partial charge in [0.2, 0.25) is 0 Å². The van der Waals surface area contributed by atoms with Gasteiger partial charge in [0.1, 0.15) is 5.78 Å². The second kappa shape index (κ2) is 4.91. The van der Waals surface area contributed by atoms with Gasteiger partial charge in [0, 0.05) is 25.4 Å². The quantitative estimate of drug-likeness (QED) is 0.686. The summed E-state index contributed by atoms with van der Waals surface area (Å²) in [5.74, 6) is 0.274. The molecule has 0 aliphatic carbocycles. The van der Waals surface area contributed by atoms with E-state index in [2.05, 4.69) is 5.10 Å². The molecule has 0 spiro atoms. The highest BCUT2D eigenvalue weighted by Crippen LogP contribution is 2.01. The Morgan fingerprint density at radius 3 is 2.79 bits per heavy atom. The number of hydrogen-bond donors (Lipinski definition) is 0. The van der Waals surface area contributed by atoms with Crippen LogP contribution in [0.2, 0.25) is 0 Å². The third-order valence-corrected chi connectivity index (χ3v) is 2.08. The number of Topliss-reactive ketones (excluding diaryl/α,β-unsaturated/α-hetero) is 1. The summed E-state index contributed by atoms with van der Waals surface area (Å²) >= 11 is 0. The van der Waals surface area contributed by atoms with Crippen LogP contribution in [-0.2, 0) is 18.3 Å². The van der Waals surface area contributed by atoms with E-state index >= 15 is 0 Å². The van der Waals surface area contributed by atoms with Crippen LogP contribution in [0.3, 0.4) is 0 Å². The molecule has 0 bridgehead atoms. The monoisotopic (exact) mass is 195 g/mol. The first-order chi connectivity index (χ1) is 6.59. The minimum Gasteiger partial charge on any atom is -0.302 e. The zero-order valence-electron chi connectivity index (χ0n) is 9.03. The lowest BCUT2D eigenvalue weighted by Crippen LogP contribution is -2.22. The van der Waals surface area contributed by atoms with E-state index < -0.39 is 0 Å². The lowest BCUT2D eigenvalue weighted by molar-refractivity contribution is -0.119. The molecule has 0 radical (unpaired) electrons. The third kappa shape index (κ3) is 3.30. The molecule has 0 amide bonds. The fourth-order valence-electron chi connectivity index (χ4n) is 1.35. The van der Waals surface area contributed by atoms with E-state index in [4.69, 9.17) is 0 Å². The summed E-state index contributed by atoms with van der Waals surface area (Å²) in [6.07, 6.45) is 3.13. The average molecular weight is 195 g/mol. The normalized spacial score (nSPS) is 10.9. The largest absolute Gasteiger partial charge is 0.302 e. The lowest BCUT2D eigenvalue weighted by Gasteiger charge is -2.07. The molecule has 0 unspecified atom stereocenters. The number of aryl methyl sites for hydroxylation is 2. The fourth-order valence-corrected chi connectivity index (χ4v) is 1.35. The van der Waals surface area contributed by atoms with Gasteiger partial charge in [-0.2, -0.15) is 5.10 Å². The summed E-state index contributed by atoms with van der Waals surface area (Å²) in [5.41, 5.74) is 1.11. The van der Waals surface area contributed by atoms with Crippen LogP contribution in [-0.4, -0.2) is 41.1 Å². The Morgan fingerprint density at radius 2 is 2.29 bits per heavy atom. The van der Waals surface area contributed by atoms with Gasteiger partial charge < -0.3 is 4.90 Å². The van der Waals surface area contributed by atoms with E-state index in [1.165, 1.54) is 0 Å². The van der Waals surface area contributed by atoms with Gasteiger partial charge in [-0.05, 0) is 26.6 Å². The number of hydrogen-bond acceptors (Lipinski definition) is 3. The second-order valence-corrected chi connectivity index (χ2v) is 3.72. The summed E-state index contributed by atoms with van der Waals surface area (Å²) < 4.78 is 1.81. The first-order valence-electron chi connectivity index (χ1n) is 4.73. The highest BCUT2D eigenvalue weighted by atomic mass is 16.1. The molecule has 0 N–H and O–H groups in total. The van der Waals surface area contributed by atoms with Crippen molar-refractivity contribution >= 4 is 5.78 Å². The molecule has 4 nitrogen and oxygen atoms in total. The SMILES string of the molecule is CN(C)CC(=O)CCc1ccnn1C. The molecule has 0 atom stereocenters. The van der Waals surface area contributed by atoms with Gasteiger partial charge in [-0.1, -0.05) is 0 Å². The number of nitrogens with zero attached hydrogens (tertiary/aromatic N) is 3. The number of ketones is 1.